The summed E-state index contributed by atoms with van der Waals surface area (Å²) in [6.45, 7) is 2.10. The zero-order valence-electron chi connectivity index (χ0n) is 9.49. The molecule has 1 aliphatic rings. The summed E-state index contributed by atoms with van der Waals surface area (Å²) in [5.41, 5.74) is 1.89. The molecule has 0 aliphatic heterocycles. The molecule has 0 aromatic carbocycles. The predicted molar refractivity (Wildman–Crippen MR) is 59.0 cm³/mol. The van der Waals surface area contributed by atoms with Gasteiger partial charge in [0.1, 0.15) is 5.69 Å². The lowest BCUT2D eigenvalue weighted by atomic mass is 10.1. The number of rotatable bonds is 5. The molecule has 0 amide bonds. The second-order valence-electron chi connectivity index (χ2n) is 4.38. The Kier molecular flexibility index (Phi) is 2.89. The quantitative estimate of drug-likeness (QED) is 0.694. The molecule has 0 N–H and O–H groups in total. The first-order valence-corrected chi connectivity index (χ1v) is 5.79. The molecule has 1 fully saturated rings. The highest BCUT2D eigenvalue weighted by Gasteiger charge is 2.27. The van der Waals surface area contributed by atoms with Crippen LogP contribution in [0.5, 0.6) is 0 Å². The molecule has 3 nitrogen and oxygen atoms in total. The van der Waals surface area contributed by atoms with Crippen LogP contribution in [0, 0.1) is 0 Å². The number of Topliss-reactive ketones (excluding diaryl/α,β-unsaturated/α-hetero) is 1. The van der Waals surface area contributed by atoms with Crippen LogP contribution in [0.4, 0.5) is 0 Å². The van der Waals surface area contributed by atoms with Crippen LogP contribution in [0.2, 0.25) is 0 Å². The Bertz CT molecular complexity index is 364. The average molecular weight is 206 g/mol. The van der Waals surface area contributed by atoms with Crippen LogP contribution in [-0.4, -0.2) is 15.6 Å². The number of aromatic nitrogens is 2. The third kappa shape index (κ3) is 2.28. The Balaban J connectivity index is 2.07. The third-order valence-corrected chi connectivity index (χ3v) is 2.95. The van der Waals surface area contributed by atoms with Gasteiger partial charge in [-0.3, -0.25) is 9.48 Å². The van der Waals surface area contributed by atoms with E-state index in [-0.39, 0.29) is 5.78 Å². The first kappa shape index (κ1) is 10.4. The molecule has 0 bridgehead atoms. The minimum Gasteiger partial charge on any atom is -0.292 e. The Hall–Kier alpha value is -1.12. The van der Waals surface area contributed by atoms with Gasteiger partial charge in [0, 0.05) is 25.1 Å². The van der Waals surface area contributed by atoms with Crippen molar-refractivity contribution in [2.75, 3.05) is 0 Å². The normalized spacial score (nSPS) is 15.6. The maximum absolute atomic E-state index is 11.7. The minimum atomic E-state index is 0.194. The summed E-state index contributed by atoms with van der Waals surface area (Å²) in [5.74, 6) is 0.856. The van der Waals surface area contributed by atoms with E-state index >= 15 is 0 Å². The van der Waals surface area contributed by atoms with Crippen molar-refractivity contribution >= 4 is 5.78 Å². The summed E-state index contributed by atoms with van der Waals surface area (Å²) in [5, 5.41) is 4.29. The van der Waals surface area contributed by atoms with Crippen LogP contribution >= 0.6 is 0 Å². The van der Waals surface area contributed by atoms with Gasteiger partial charge in [-0.25, -0.2) is 0 Å². The Morgan fingerprint density at radius 3 is 2.93 bits per heavy atom. The molecule has 15 heavy (non-hydrogen) atoms. The van der Waals surface area contributed by atoms with Crippen LogP contribution in [0.15, 0.2) is 6.07 Å². The fourth-order valence-electron chi connectivity index (χ4n) is 1.84. The first-order chi connectivity index (χ1) is 7.22. The number of aryl methyl sites for hydroxylation is 1. The molecule has 0 atom stereocenters. The smallest absolute Gasteiger partial charge is 0.183 e. The molecular formula is C12H18N2O. The summed E-state index contributed by atoms with van der Waals surface area (Å²) in [6.07, 6.45) is 5.17. The fraction of sp³-hybridized carbons (Fsp3) is 0.667. The number of ketones is 1. The summed E-state index contributed by atoms with van der Waals surface area (Å²) in [6, 6.07) is 1.98. The van der Waals surface area contributed by atoms with E-state index in [2.05, 4.69) is 12.0 Å². The molecule has 0 unspecified atom stereocenters. The van der Waals surface area contributed by atoms with Gasteiger partial charge in [-0.15, -0.1) is 0 Å². The summed E-state index contributed by atoms with van der Waals surface area (Å²) in [4.78, 5) is 11.7. The van der Waals surface area contributed by atoms with Crippen LogP contribution in [0.3, 0.4) is 0 Å². The lowest BCUT2D eigenvalue weighted by molar-refractivity contribution is 0.0974. The highest BCUT2D eigenvalue weighted by molar-refractivity contribution is 5.94. The number of nitrogens with zero attached hydrogens (tertiary/aromatic N) is 2. The standard InChI is InChI=1S/C12H18N2O/c1-3-4-5-12(15)10-8-11(9-6-7-9)14(2)13-10/h8-9H,3-7H2,1-2H3. The van der Waals surface area contributed by atoms with E-state index in [1.807, 2.05) is 17.8 Å². The van der Waals surface area contributed by atoms with Crippen molar-refractivity contribution in [1.82, 2.24) is 9.78 Å². The average Bonchev–Trinajstić information content (AvgIpc) is 2.99. The van der Waals surface area contributed by atoms with Crippen molar-refractivity contribution in [3.63, 3.8) is 0 Å². The van der Waals surface area contributed by atoms with Crippen molar-refractivity contribution in [2.24, 2.45) is 7.05 Å². The van der Waals surface area contributed by atoms with E-state index in [9.17, 15) is 4.79 Å². The number of carbonyl (C=O) groups excluding carboxylic acids is 1. The molecule has 0 saturated heterocycles. The molecule has 0 spiro atoms. The van der Waals surface area contributed by atoms with Crippen molar-refractivity contribution in [3.8, 4) is 0 Å². The second kappa shape index (κ2) is 4.17. The van der Waals surface area contributed by atoms with Gasteiger partial charge in [-0.2, -0.15) is 5.10 Å². The van der Waals surface area contributed by atoms with E-state index < -0.39 is 0 Å². The van der Waals surface area contributed by atoms with E-state index in [4.69, 9.17) is 0 Å². The molecule has 1 saturated carbocycles. The summed E-state index contributed by atoms with van der Waals surface area (Å²) >= 11 is 0. The van der Waals surface area contributed by atoms with Gasteiger partial charge in [0.25, 0.3) is 0 Å². The zero-order chi connectivity index (χ0) is 10.8. The molecule has 0 radical (unpaired) electrons. The maximum atomic E-state index is 11.7. The molecule has 1 heterocycles. The van der Waals surface area contributed by atoms with E-state index in [0.29, 0.717) is 18.0 Å². The Morgan fingerprint density at radius 1 is 1.60 bits per heavy atom. The van der Waals surface area contributed by atoms with Crippen molar-refractivity contribution in [2.45, 2.75) is 44.9 Å². The van der Waals surface area contributed by atoms with Crippen molar-refractivity contribution < 1.29 is 4.79 Å². The lowest BCUT2D eigenvalue weighted by Crippen LogP contribution is -2.01. The van der Waals surface area contributed by atoms with Crippen LogP contribution < -0.4 is 0 Å². The molecule has 3 heteroatoms. The molecule has 82 valence electrons. The Labute approximate surface area is 90.5 Å². The molecule has 1 aromatic heterocycles. The van der Waals surface area contributed by atoms with Crippen molar-refractivity contribution in [1.29, 1.82) is 0 Å². The molecule has 2 rings (SSSR count). The number of carbonyl (C=O) groups is 1. The third-order valence-electron chi connectivity index (χ3n) is 2.95. The van der Waals surface area contributed by atoms with Crippen LogP contribution in [-0.2, 0) is 7.05 Å². The number of hydrogen-bond acceptors (Lipinski definition) is 2. The van der Waals surface area contributed by atoms with Crippen LogP contribution in [0.25, 0.3) is 0 Å². The van der Waals surface area contributed by atoms with Gasteiger partial charge in [0.15, 0.2) is 5.78 Å². The van der Waals surface area contributed by atoms with Crippen LogP contribution in [0.1, 0.15) is 61.1 Å². The molecule has 1 aromatic rings. The van der Waals surface area contributed by atoms with Gasteiger partial charge >= 0.3 is 0 Å². The van der Waals surface area contributed by atoms with E-state index in [1.54, 1.807) is 0 Å². The maximum Gasteiger partial charge on any atom is 0.183 e. The topological polar surface area (TPSA) is 34.9 Å². The van der Waals surface area contributed by atoms with Gasteiger partial charge in [-0.1, -0.05) is 13.3 Å². The SMILES string of the molecule is CCCCC(=O)c1cc(C2CC2)n(C)n1. The van der Waals surface area contributed by atoms with Gasteiger partial charge in [0.05, 0.1) is 0 Å². The molecular weight excluding hydrogens is 188 g/mol. The zero-order valence-corrected chi connectivity index (χ0v) is 9.49. The number of hydrogen-bond donors (Lipinski definition) is 0. The van der Waals surface area contributed by atoms with Gasteiger partial charge in [-0.05, 0) is 25.3 Å². The predicted octanol–water partition coefficient (Wildman–Crippen LogP) is 2.67. The van der Waals surface area contributed by atoms with Crippen molar-refractivity contribution in [3.05, 3.63) is 17.5 Å². The minimum absolute atomic E-state index is 0.194. The number of unbranched alkanes of at least 4 members (excludes halogenated alkanes) is 1. The van der Waals surface area contributed by atoms with Gasteiger partial charge in [0.2, 0.25) is 0 Å². The second-order valence-corrected chi connectivity index (χ2v) is 4.38. The first-order valence-electron chi connectivity index (χ1n) is 5.79. The monoisotopic (exact) mass is 206 g/mol. The molecule has 1 aliphatic carbocycles. The highest BCUT2D eigenvalue weighted by atomic mass is 16.1. The van der Waals surface area contributed by atoms with E-state index in [0.717, 1.165) is 12.8 Å². The van der Waals surface area contributed by atoms with Gasteiger partial charge < -0.3 is 0 Å². The largest absolute Gasteiger partial charge is 0.292 e. The Morgan fingerprint density at radius 2 is 2.33 bits per heavy atom. The van der Waals surface area contributed by atoms with E-state index in [1.165, 1.54) is 18.5 Å². The summed E-state index contributed by atoms with van der Waals surface area (Å²) in [7, 11) is 1.93. The highest BCUT2D eigenvalue weighted by Crippen LogP contribution is 2.39. The lowest BCUT2D eigenvalue weighted by Gasteiger charge is -1.95. The summed E-state index contributed by atoms with van der Waals surface area (Å²) < 4.78 is 1.87. The fourth-order valence-corrected chi connectivity index (χ4v) is 1.84.